The first-order valence-corrected chi connectivity index (χ1v) is 6.48. The number of carbonyl (C=O) groups is 2. The smallest absolute Gasteiger partial charge is 0.199 e. The largest absolute Gasteiger partial charge is 0.507 e. The van der Waals surface area contributed by atoms with Crippen molar-refractivity contribution in [1.29, 1.82) is 0 Å². The summed E-state index contributed by atoms with van der Waals surface area (Å²) in [4.78, 5) is 29.0. The molecule has 0 amide bonds. The van der Waals surface area contributed by atoms with E-state index in [9.17, 15) is 14.7 Å². The molecule has 0 saturated heterocycles. The average molecular weight is 283 g/mol. The summed E-state index contributed by atoms with van der Waals surface area (Å²) < 4.78 is 0. The van der Waals surface area contributed by atoms with Crippen LogP contribution in [0.1, 0.15) is 31.8 Å². The summed E-state index contributed by atoms with van der Waals surface area (Å²) in [6, 6.07) is 4.47. The van der Waals surface area contributed by atoms with Crippen LogP contribution >= 0.6 is 0 Å². The number of hydrogen-bond acceptors (Lipinski definition) is 6. The first kappa shape index (κ1) is 13.3. The molecule has 6 heteroatoms. The number of benzene rings is 1. The third-order valence-electron chi connectivity index (χ3n) is 3.41. The van der Waals surface area contributed by atoms with E-state index < -0.39 is 5.78 Å². The maximum atomic E-state index is 12.6. The monoisotopic (exact) mass is 283 g/mol. The summed E-state index contributed by atoms with van der Waals surface area (Å²) in [5.74, 6) is -0.921. The zero-order valence-corrected chi connectivity index (χ0v) is 11.1. The van der Waals surface area contributed by atoms with Gasteiger partial charge in [0.2, 0.25) is 0 Å². The first-order valence-electron chi connectivity index (χ1n) is 6.48. The van der Waals surface area contributed by atoms with E-state index in [1.165, 1.54) is 24.5 Å². The summed E-state index contributed by atoms with van der Waals surface area (Å²) in [6.45, 7) is 0.847. The second kappa shape index (κ2) is 4.99. The molecular weight excluding hydrogens is 270 g/mol. The number of rotatable bonds is 3. The molecule has 1 aromatic heterocycles. The Hall–Kier alpha value is -2.73. The highest BCUT2D eigenvalue weighted by atomic mass is 16.3. The molecule has 6 nitrogen and oxygen atoms in total. The number of anilines is 1. The van der Waals surface area contributed by atoms with Crippen LogP contribution in [0.3, 0.4) is 0 Å². The Morgan fingerprint density at radius 3 is 2.62 bits per heavy atom. The molecule has 0 saturated carbocycles. The number of aromatic hydroxyl groups is 1. The van der Waals surface area contributed by atoms with E-state index in [1.54, 1.807) is 6.07 Å². The molecule has 0 fully saturated rings. The topological polar surface area (TPSA) is 105 Å². The van der Waals surface area contributed by atoms with E-state index in [4.69, 9.17) is 5.73 Å². The van der Waals surface area contributed by atoms with Gasteiger partial charge in [0.1, 0.15) is 5.75 Å². The molecule has 0 bridgehead atoms. The fourth-order valence-electron chi connectivity index (χ4n) is 2.45. The number of ketones is 2. The maximum absolute atomic E-state index is 12.6. The van der Waals surface area contributed by atoms with Gasteiger partial charge >= 0.3 is 0 Å². The number of carbonyl (C=O) groups excluding carboxylic acids is 2. The highest BCUT2D eigenvalue weighted by Crippen LogP contribution is 2.36. The number of pyridine rings is 1. The SMILES string of the molecule is NCCNc1ccc(O)c2c1C(=O)c1ccncc1C2=O. The number of phenols is 1. The van der Waals surface area contributed by atoms with Crippen molar-refractivity contribution >= 4 is 17.3 Å². The lowest BCUT2D eigenvalue weighted by Crippen LogP contribution is -2.24. The quantitative estimate of drug-likeness (QED) is 0.618. The summed E-state index contributed by atoms with van der Waals surface area (Å²) in [6.07, 6.45) is 2.81. The van der Waals surface area contributed by atoms with Crippen LogP contribution in [-0.2, 0) is 0 Å². The van der Waals surface area contributed by atoms with Crippen molar-refractivity contribution in [2.24, 2.45) is 5.73 Å². The number of nitrogens with two attached hydrogens (primary N) is 1. The molecular formula is C15H13N3O3. The van der Waals surface area contributed by atoms with Crippen molar-refractivity contribution < 1.29 is 14.7 Å². The molecule has 0 radical (unpaired) electrons. The number of hydrogen-bond donors (Lipinski definition) is 3. The van der Waals surface area contributed by atoms with Gasteiger partial charge in [-0.2, -0.15) is 0 Å². The Kier molecular flexibility index (Phi) is 3.15. The predicted molar refractivity (Wildman–Crippen MR) is 76.8 cm³/mol. The normalized spacial score (nSPS) is 12.8. The predicted octanol–water partition coefficient (Wildman–Crippen LogP) is 0.933. The van der Waals surface area contributed by atoms with E-state index in [0.717, 1.165) is 0 Å². The Morgan fingerprint density at radius 1 is 1.10 bits per heavy atom. The van der Waals surface area contributed by atoms with Gasteiger partial charge in [-0.05, 0) is 18.2 Å². The van der Waals surface area contributed by atoms with Crippen molar-refractivity contribution in [3.8, 4) is 5.75 Å². The highest BCUT2D eigenvalue weighted by molar-refractivity contribution is 6.30. The molecule has 4 N–H and O–H groups in total. The molecule has 0 spiro atoms. The fraction of sp³-hybridized carbons (Fsp3) is 0.133. The maximum Gasteiger partial charge on any atom is 0.199 e. The van der Waals surface area contributed by atoms with Crippen LogP contribution in [0, 0.1) is 0 Å². The third-order valence-corrected chi connectivity index (χ3v) is 3.41. The fourth-order valence-corrected chi connectivity index (χ4v) is 2.45. The molecule has 2 aromatic rings. The first-order chi connectivity index (χ1) is 10.1. The van der Waals surface area contributed by atoms with Crippen LogP contribution in [0.4, 0.5) is 5.69 Å². The molecule has 0 unspecified atom stereocenters. The summed E-state index contributed by atoms with van der Waals surface area (Å²) in [7, 11) is 0. The number of aromatic nitrogens is 1. The van der Waals surface area contributed by atoms with E-state index in [0.29, 0.717) is 24.3 Å². The Bertz CT molecular complexity index is 756. The molecule has 3 rings (SSSR count). The van der Waals surface area contributed by atoms with Gasteiger partial charge in [0.05, 0.1) is 16.7 Å². The minimum absolute atomic E-state index is 0.0162. The molecule has 1 aromatic carbocycles. The lowest BCUT2D eigenvalue weighted by molar-refractivity contribution is 0.0977. The van der Waals surface area contributed by atoms with Gasteiger partial charge in [0.15, 0.2) is 11.6 Å². The van der Waals surface area contributed by atoms with Crippen molar-refractivity contribution in [2.75, 3.05) is 18.4 Å². The number of nitrogens with one attached hydrogen (secondary N) is 1. The van der Waals surface area contributed by atoms with Crippen LogP contribution in [0.5, 0.6) is 5.75 Å². The summed E-state index contributed by atoms with van der Waals surface area (Å²) in [5, 5.41) is 13.0. The van der Waals surface area contributed by atoms with Gasteiger partial charge in [-0.3, -0.25) is 14.6 Å². The van der Waals surface area contributed by atoms with Gasteiger partial charge in [-0.25, -0.2) is 0 Å². The second-order valence-corrected chi connectivity index (χ2v) is 4.68. The second-order valence-electron chi connectivity index (χ2n) is 4.68. The van der Waals surface area contributed by atoms with Crippen LogP contribution < -0.4 is 11.1 Å². The van der Waals surface area contributed by atoms with E-state index >= 15 is 0 Å². The van der Waals surface area contributed by atoms with Gasteiger partial charge in [-0.1, -0.05) is 0 Å². The van der Waals surface area contributed by atoms with Crippen LogP contribution in [0.2, 0.25) is 0 Å². The van der Waals surface area contributed by atoms with Gasteiger partial charge in [0.25, 0.3) is 0 Å². The number of phenolic OH excluding ortho intramolecular Hbond substituents is 1. The van der Waals surface area contributed by atoms with Gasteiger partial charge < -0.3 is 16.2 Å². The zero-order chi connectivity index (χ0) is 15.0. The van der Waals surface area contributed by atoms with E-state index in [-0.39, 0.29) is 28.2 Å². The minimum atomic E-state index is -0.401. The molecule has 0 aliphatic heterocycles. The summed E-state index contributed by atoms with van der Waals surface area (Å²) in [5.41, 5.74) is 6.65. The standard InChI is InChI=1S/C15H13N3O3/c16-4-6-18-10-1-2-11(19)13-12(10)14(20)8-3-5-17-7-9(8)15(13)21/h1-3,5,7,18-19H,4,6,16H2. The molecule has 21 heavy (non-hydrogen) atoms. The van der Waals surface area contributed by atoms with Crippen LogP contribution in [-0.4, -0.2) is 34.7 Å². The Balaban J connectivity index is 2.24. The van der Waals surface area contributed by atoms with Crippen LogP contribution in [0.25, 0.3) is 0 Å². The minimum Gasteiger partial charge on any atom is -0.507 e. The highest BCUT2D eigenvalue weighted by Gasteiger charge is 2.34. The molecule has 1 aliphatic rings. The van der Waals surface area contributed by atoms with Crippen molar-refractivity contribution in [3.63, 3.8) is 0 Å². The molecule has 1 heterocycles. The molecule has 0 atom stereocenters. The van der Waals surface area contributed by atoms with Gasteiger partial charge in [0, 0.05) is 36.7 Å². The zero-order valence-electron chi connectivity index (χ0n) is 11.1. The van der Waals surface area contributed by atoms with Crippen molar-refractivity contribution in [2.45, 2.75) is 0 Å². The van der Waals surface area contributed by atoms with Crippen molar-refractivity contribution in [1.82, 2.24) is 4.98 Å². The number of nitrogens with zero attached hydrogens (tertiary/aromatic N) is 1. The third kappa shape index (κ3) is 1.96. The van der Waals surface area contributed by atoms with E-state index in [1.807, 2.05) is 0 Å². The Morgan fingerprint density at radius 2 is 1.86 bits per heavy atom. The number of fused-ring (bicyclic) bond motifs is 2. The summed E-state index contributed by atoms with van der Waals surface area (Å²) >= 11 is 0. The average Bonchev–Trinajstić information content (AvgIpc) is 2.51. The lowest BCUT2D eigenvalue weighted by atomic mass is 9.83. The van der Waals surface area contributed by atoms with Gasteiger partial charge in [-0.15, -0.1) is 0 Å². The van der Waals surface area contributed by atoms with E-state index in [2.05, 4.69) is 10.3 Å². The molecule has 106 valence electrons. The van der Waals surface area contributed by atoms with Crippen LogP contribution in [0.15, 0.2) is 30.6 Å². The lowest BCUT2D eigenvalue weighted by Gasteiger charge is -2.21. The Labute approximate surface area is 120 Å². The van der Waals surface area contributed by atoms with Crippen molar-refractivity contribution in [3.05, 3.63) is 52.8 Å². The molecule has 1 aliphatic carbocycles.